The van der Waals surface area contributed by atoms with Crippen molar-refractivity contribution < 1.29 is 4.39 Å². The van der Waals surface area contributed by atoms with Crippen LogP contribution in [0, 0.1) is 19.7 Å². The van der Waals surface area contributed by atoms with Gasteiger partial charge >= 0.3 is 0 Å². The predicted octanol–water partition coefficient (Wildman–Crippen LogP) is 6.40. The Hall–Kier alpha value is -1.91. The molecule has 0 unspecified atom stereocenters. The lowest BCUT2D eigenvalue weighted by Gasteiger charge is -2.09. The summed E-state index contributed by atoms with van der Waals surface area (Å²) in [6, 6.07) is 14.1. The molecule has 0 N–H and O–H groups in total. The van der Waals surface area contributed by atoms with Gasteiger partial charge in [-0.05, 0) is 78.3 Å². The molecular weight excluding hydrogens is 391 g/mol. The zero-order valence-electron chi connectivity index (χ0n) is 13.2. The van der Waals surface area contributed by atoms with Crippen molar-refractivity contribution in [2.75, 3.05) is 0 Å². The van der Waals surface area contributed by atoms with Crippen molar-refractivity contribution in [3.63, 3.8) is 0 Å². The molecule has 0 saturated heterocycles. The van der Waals surface area contributed by atoms with E-state index in [-0.39, 0.29) is 5.82 Å². The van der Waals surface area contributed by atoms with E-state index in [9.17, 15) is 4.39 Å². The first kappa shape index (κ1) is 16.9. The molecule has 0 aliphatic heterocycles. The highest BCUT2D eigenvalue weighted by Gasteiger charge is 2.09. The van der Waals surface area contributed by atoms with Gasteiger partial charge in [-0.25, -0.2) is 4.39 Å². The summed E-state index contributed by atoms with van der Waals surface area (Å²) in [5.74, 6) is -0.241. The number of aryl methyl sites for hydroxylation is 1. The highest BCUT2D eigenvalue weighted by Crippen LogP contribution is 2.27. The smallest absolute Gasteiger partial charge is 0.123 e. The summed E-state index contributed by atoms with van der Waals surface area (Å²) in [6.45, 7) is 4.04. The normalized spacial score (nSPS) is 11.4. The monoisotopic (exact) mass is 404 g/mol. The molecule has 1 aromatic heterocycles. The minimum Gasteiger partial charge on any atom is -0.318 e. The first-order valence-electron chi connectivity index (χ1n) is 7.39. The summed E-state index contributed by atoms with van der Waals surface area (Å²) < 4.78 is 16.1. The zero-order valence-corrected chi connectivity index (χ0v) is 15.6. The van der Waals surface area contributed by atoms with Crippen molar-refractivity contribution in [3.05, 3.63) is 80.8 Å². The van der Waals surface area contributed by atoms with Gasteiger partial charge in [-0.15, -0.1) is 0 Å². The third-order valence-corrected chi connectivity index (χ3v) is 5.04. The fraction of sp³-hybridized carbons (Fsp3) is 0.105. The van der Waals surface area contributed by atoms with Crippen LogP contribution in [0.15, 0.2) is 58.0 Å². The molecule has 2 nitrogen and oxygen atoms in total. The van der Waals surface area contributed by atoms with Crippen LogP contribution in [-0.2, 0) is 0 Å². The Balaban J connectivity index is 1.95. The number of benzene rings is 2. The van der Waals surface area contributed by atoms with E-state index in [1.165, 1.54) is 12.1 Å². The molecular formula is C19H15BrClFN2. The van der Waals surface area contributed by atoms with E-state index < -0.39 is 0 Å². The SMILES string of the molecule is Cc1cc(C=Nc2ccc(Br)c(Cl)c2)c(C)n1-c1ccc(F)cc1. The zero-order chi connectivity index (χ0) is 17.3. The van der Waals surface area contributed by atoms with Crippen LogP contribution in [0.3, 0.4) is 0 Å². The summed E-state index contributed by atoms with van der Waals surface area (Å²) in [6.07, 6.45) is 1.82. The minimum absolute atomic E-state index is 0.241. The van der Waals surface area contributed by atoms with Gasteiger partial charge in [0.1, 0.15) is 5.82 Å². The third kappa shape index (κ3) is 3.45. The molecule has 0 atom stereocenters. The van der Waals surface area contributed by atoms with E-state index in [0.717, 1.165) is 32.8 Å². The molecule has 0 saturated carbocycles. The first-order valence-corrected chi connectivity index (χ1v) is 8.57. The standard InChI is InChI=1S/C19H15BrClFN2/c1-12-9-14(11-23-16-5-8-18(20)19(21)10-16)13(2)24(12)17-6-3-15(22)4-7-17/h3-11H,1-2H3. The van der Waals surface area contributed by atoms with E-state index >= 15 is 0 Å². The van der Waals surface area contributed by atoms with E-state index in [1.54, 1.807) is 18.2 Å². The summed E-state index contributed by atoms with van der Waals surface area (Å²) in [5, 5.41) is 0.626. The van der Waals surface area contributed by atoms with Crippen molar-refractivity contribution in [2.45, 2.75) is 13.8 Å². The van der Waals surface area contributed by atoms with Crippen molar-refractivity contribution in [1.82, 2.24) is 4.57 Å². The number of aliphatic imine (C=N–C) groups is 1. The summed E-state index contributed by atoms with van der Waals surface area (Å²) in [7, 11) is 0. The molecule has 24 heavy (non-hydrogen) atoms. The topological polar surface area (TPSA) is 17.3 Å². The molecule has 0 bridgehead atoms. The molecule has 0 amide bonds. The van der Waals surface area contributed by atoms with E-state index in [2.05, 4.69) is 31.6 Å². The van der Waals surface area contributed by atoms with E-state index in [4.69, 9.17) is 11.6 Å². The summed E-state index contributed by atoms with van der Waals surface area (Å²) in [5.41, 5.74) is 4.84. The lowest BCUT2D eigenvalue weighted by atomic mass is 10.2. The maximum atomic E-state index is 13.1. The van der Waals surface area contributed by atoms with E-state index in [0.29, 0.717) is 5.02 Å². The van der Waals surface area contributed by atoms with Gasteiger partial charge in [0.2, 0.25) is 0 Å². The minimum atomic E-state index is -0.241. The number of nitrogens with zero attached hydrogens (tertiary/aromatic N) is 2. The maximum Gasteiger partial charge on any atom is 0.123 e. The molecule has 0 spiro atoms. The molecule has 0 aliphatic rings. The first-order chi connectivity index (χ1) is 11.5. The molecule has 122 valence electrons. The molecule has 1 heterocycles. The van der Waals surface area contributed by atoms with Gasteiger partial charge in [-0.1, -0.05) is 11.6 Å². The lowest BCUT2D eigenvalue weighted by molar-refractivity contribution is 0.627. The Labute approximate surface area is 153 Å². The van der Waals surface area contributed by atoms with Crippen molar-refractivity contribution in [3.8, 4) is 5.69 Å². The van der Waals surface area contributed by atoms with Crippen LogP contribution < -0.4 is 0 Å². The average molecular weight is 406 g/mol. The summed E-state index contributed by atoms with van der Waals surface area (Å²) >= 11 is 9.46. The van der Waals surface area contributed by atoms with Gasteiger partial charge in [0.05, 0.1) is 10.7 Å². The van der Waals surface area contributed by atoms with E-state index in [1.807, 2.05) is 32.2 Å². The molecule has 3 rings (SSSR count). The Morgan fingerprint density at radius 1 is 1.08 bits per heavy atom. The maximum absolute atomic E-state index is 13.1. The van der Waals surface area contributed by atoms with Crippen LogP contribution >= 0.6 is 27.5 Å². The Bertz CT molecular complexity index is 914. The molecule has 3 aromatic rings. The third-order valence-electron chi connectivity index (χ3n) is 3.81. The lowest BCUT2D eigenvalue weighted by Crippen LogP contribution is -1.99. The van der Waals surface area contributed by atoms with Crippen LogP contribution in [0.5, 0.6) is 0 Å². The number of aromatic nitrogens is 1. The largest absolute Gasteiger partial charge is 0.318 e. The van der Waals surface area contributed by atoms with Gasteiger partial charge in [0.15, 0.2) is 0 Å². The van der Waals surface area contributed by atoms with Crippen LogP contribution in [-0.4, -0.2) is 10.8 Å². The Kier molecular flexibility index (Phi) is 4.88. The van der Waals surface area contributed by atoms with Crippen LogP contribution in [0.25, 0.3) is 5.69 Å². The van der Waals surface area contributed by atoms with Crippen LogP contribution in [0.4, 0.5) is 10.1 Å². The van der Waals surface area contributed by atoms with Crippen LogP contribution in [0.1, 0.15) is 17.0 Å². The second-order valence-corrected chi connectivity index (χ2v) is 6.76. The van der Waals surface area contributed by atoms with Gasteiger partial charge in [0.25, 0.3) is 0 Å². The molecule has 0 fully saturated rings. The molecule has 5 heteroatoms. The second kappa shape index (κ2) is 6.91. The van der Waals surface area contributed by atoms with Crippen molar-refractivity contribution in [1.29, 1.82) is 0 Å². The van der Waals surface area contributed by atoms with Gasteiger partial charge in [-0.2, -0.15) is 0 Å². The second-order valence-electron chi connectivity index (χ2n) is 5.49. The average Bonchev–Trinajstić information content (AvgIpc) is 2.84. The molecule has 2 aromatic carbocycles. The highest BCUT2D eigenvalue weighted by molar-refractivity contribution is 9.10. The summed E-state index contributed by atoms with van der Waals surface area (Å²) in [4.78, 5) is 4.50. The number of halogens is 3. The fourth-order valence-corrected chi connectivity index (χ4v) is 3.04. The highest BCUT2D eigenvalue weighted by atomic mass is 79.9. The predicted molar refractivity (Wildman–Crippen MR) is 102 cm³/mol. The van der Waals surface area contributed by atoms with Crippen molar-refractivity contribution in [2.24, 2.45) is 4.99 Å². The Morgan fingerprint density at radius 3 is 2.46 bits per heavy atom. The Morgan fingerprint density at radius 2 is 1.79 bits per heavy atom. The van der Waals surface area contributed by atoms with Gasteiger partial charge < -0.3 is 4.57 Å². The fourth-order valence-electron chi connectivity index (χ4n) is 2.62. The number of rotatable bonds is 3. The molecule has 0 radical (unpaired) electrons. The quantitative estimate of drug-likeness (QED) is 0.449. The molecule has 0 aliphatic carbocycles. The van der Waals surface area contributed by atoms with Crippen LogP contribution in [0.2, 0.25) is 5.02 Å². The van der Waals surface area contributed by atoms with Gasteiger partial charge in [0, 0.05) is 33.3 Å². The van der Waals surface area contributed by atoms with Crippen molar-refractivity contribution >= 4 is 39.4 Å². The number of hydrogen-bond donors (Lipinski definition) is 0. The number of hydrogen-bond acceptors (Lipinski definition) is 1. The van der Waals surface area contributed by atoms with Gasteiger partial charge in [-0.3, -0.25) is 4.99 Å².